The van der Waals surface area contributed by atoms with Gasteiger partial charge in [-0.2, -0.15) is 0 Å². The molecule has 0 unspecified atom stereocenters. The van der Waals surface area contributed by atoms with Crippen LogP contribution in [0, 0.1) is 0 Å². The first kappa shape index (κ1) is 14.5. The summed E-state index contributed by atoms with van der Waals surface area (Å²) < 4.78 is 1.04. The second kappa shape index (κ2) is 6.15. The second-order valence-corrected chi connectivity index (χ2v) is 6.94. The Hall–Kier alpha value is -1.40. The zero-order valence-electron chi connectivity index (χ0n) is 11.5. The van der Waals surface area contributed by atoms with Gasteiger partial charge in [0.2, 0.25) is 5.91 Å². The van der Waals surface area contributed by atoms with E-state index >= 15 is 0 Å². The number of halogens is 1. The number of anilines is 1. The first-order chi connectivity index (χ1) is 10.1. The Labute approximate surface area is 136 Å². The molecule has 1 aromatic heterocycles. The summed E-state index contributed by atoms with van der Waals surface area (Å²) in [6.07, 6.45) is 2.51. The summed E-state index contributed by atoms with van der Waals surface area (Å²) in [6, 6.07) is 8.41. The van der Waals surface area contributed by atoms with E-state index in [2.05, 4.69) is 20.9 Å². The SMILES string of the molecule is Nc1nc(CC(=O)N(Cc2ccccc2Br)C2CC2)cs1. The number of thiazole rings is 1. The van der Waals surface area contributed by atoms with Crippen LogP contribution in [0.5, 0.6) is 0 Å². The molecule has 6 heteroatoms. The highest BCUT2D eigenvalue weighted by Crippen LogP contribution is 2.30. The van der Waals surface area contributed by atoms with Crippen molar-refractivity contribution in [3.63, 3.8) is 0 Å². The van der Waals surface area contributed by atoms with E-state index in [1.165, 1.54) is 11.3 Å². The zero-order chi connectivity index (χ0) is 14.8. The number of hydrogen-bond acceptors (Lipinski definition) is 4. The molecule has 0 saturated heterocycles. The lowest BCUT2D eigenvalue weighted by atomic mass is 10.2. The maximum atomic E-state index is 12.6. The van der Waals surface area contributed by atoms with Crippen molar-refractivity contribution in [3.8, 4) is 0 Å². The van der Waals surface area contributed by atoms with Gasteiger partial charge in [0.15, 0.2) is 5.13 Å². The van der Waals surface area contributed by atoms with Crippen molar-refractivity contribution in [1.82, 2.24) is 9.88 Å². The largest absolute Gasteiger partial charge is 0.375 e. The Bertz CT molecular complexity index is 654. The average molecular weight is 366 g/mol. The maximum absolute atomic E-state index is 12.6. The van der Waals surface area contributed by atoms with Crippen LogP contribution < -0.4 is 5.73 Å². The summed E-state index contributed by atoms with van der Waals surface area (Å²) in [5, 5.41) is 2.37. The van der Waals surface area contributed by atoms with Crippen LogP contribution >= 0.6 is 27.3 Å². The van der Waals surface area contributed by atoms with E-state index in [1.54, 1.807) is 0 Å². The van der Waals surface area contributed by atoms with Crippen molar-refractivity contribution < 1.29 is 4.79 Å². The Balaban J connectivity index is 1.72. The molecule has 1 amide bonds. The van der Waals surface area contributed by atoms with Gasteiger partial charge < -0.3 is 10.6 Å². The van der Waals surface area contributed by atoms with Crippen molar-refractivity contribution in [2.24, 2.45) is 0 Å². The number of carbonyl (C=O) groups is 1. The molecule has 3 rings (SSSR count). The van der Waals surface area contributed by atoms with E-state index in [9.17, 15) is 4.79 Å². The molecule has 0 aliphatic heterocycles. The molecular weight excluding hydrogens is 350 g/mol. The maximum Gasteiger partial charge on any atom is 0.229 e. The lowest BCUT2D eigenvalue weighted by Crippen LogP contribution is -2.34. The van der Waals surface area contributed by atoms with Crippen LogP contribution in [-0.2, 0) is 17.8 Å². The molecule has 21 heavy (non-hydrogen) atoms. The molecule has 110 valence electrons. The third-order valence-electron chi connectivity index (χ3n) is 3.51. The lowest BCUT2D eigenvalue weighted by molar-refractivity contribution is -0.131. The minimum atomic E-state index is 0.124. The number of amides is 1. The number of rotatable bonds is 5. The van der Waals surface area contributed by atoms with Crippen molar-refractivity contribution in [2.75, 3.05) is 5.73 Å². The number of nitrogen functional groups attached to an aromatic ring is 1. The monoisotopic (exact) mass is 365 g/mol. The van der Waals surface area contributed by atoms with Crippen molar-refractivity contribution in [3.05, 3.63) is 45.4 Å². The van der Waals surface area contributed by atoms with E-state index in [0.29, 0.717) is 24.1 Å². The fourth-order valence-corrected chi connectivity index (χ4v) is 3.25. The third-order valence-corrected chi connectivity index (χ3v) is 5.00. The lowest BCUT2D eigenvalue weighted by Gasteiger charge is -2.23. The van der Waals surface area contributed by atoms with Gasteiger partial charge in [-0.25, -0.2) is 4.98 Å². The number of carbonyl (C=O) groups excluding carboxylic acids is 1. The van der Waals surface area contributed by atoms with Gasteiger partial charge in [0.1, 0.15) is 0 Å². The smallest absolute Gasteiger partial charge is 0.229 e. The minimum Gasteiger partial charge on any atom is -0.375 e. The van der Waals surface area contributed by atoms with E-state index in [0.717, 1.165) is 28.6 Å². The van der Waals surface area contributed by atoms with Crippen LogP contribution in [0.3, 0.4) is 0 Å². The minimum absolute atomic E-state index is 0.124. The summed E-state index contributed by atoms with van der Waals surface area (Å²) in [7, 11) is 0. The highest BCUT2D eigenvalue weighted by Gasteiger charge is 2.32. The highest BCUT2D eigenvalue weighted by atomic mass is 79.9. The normalized spacial score (nSPS) is 14.1. The van der Waals surface area contributed by atoms with Gasteiger partial charge in [-0.05, 0) is 24.5 Å². The van der Waals surface area contributed by atoms with Crippen LogP contribution in [0.15, 0.2) is 34.1 Å². The molecule has 1 aliphatic carbocycles. The summed E-state index contributed by atoms with van der Waals surface area (Å²) in [5.41, 5.74) is 7.52. The molecule has 2 aromatic rings. The van der Waals surface area contributed by atoms with Gasteiger partial charge >= 0.3 is 0 Å². The Kier molecular flexibility index (Phi) is 4.26. The van der Waals surface area contributed by atoms with Crippen LogP contribution in [0.1, 0.15) is 24.1 Å². The Morgan fingerprint density at radius 3 is 2.81 bits per heavy atom. The summed E-state index contributed by atoms with van der Waals surface area (Å²) in [4.78, 5) is 18.7. The fraction of sp³-hybridized carbons (Fsp3) is 0.333. The number of nitrogens with two attached hydrogens (primary N) is 1. The van der Waals surface area contributed by atoms with Gasteiger partial charge in [0, 0.05) is 22.4 Å². The topological polar surface area (TPSA) is 59.2 Å². The number of nitrogens with zero attached hydrogens (tertiary/aromatic N) is 2. The molecule has 0 bridgehead atoms. The molecule has 0 radical (unpaired) electrons. The molecule has 1 aliphatic rings. The highest BCUT2D eigenvalue weighted by molar-refractivity contribution is 9.10. The number of hydrogen-bond donors (Lipinski definition) is 1. The average Bonchev–Trinajstić information content (AvgIpc) is 3.21. The van der Waals surface area contributed by atoms with Gasteiger partial charge in [-0.3, -0.25) is 4.79 Å². The molecule has 2 N–H and O–H groups in total. The number of aromatic nitrogens is 1. The molecule has 4 nitrogen and oxygen atoms in total. The van der Waals surface area contributed by atoms with Crippen LogP contribution in [0.25, 0.3) is 0 Å². The molecule has 0 spiro atoms. The van der Waals surface area contributed by atoms with Gasteiger partial charge in [0.05, 0.1) is 12.1 Å². The Morgan fingerprint density at radius 1 is 1.43 bits per heavy atom. The van der Waals surface area contributed by atoms with E-state index in [4.69, 9.17) is 5.73 Å². The first-order valence-electron chi connectivity index (χ1n) is 6.86. The van der Waals surface area contributed by atoms with Gasteiger partial charge in [-0.15, -0.1) is 11.3 Å². The van der Waals surface area contributed by atoms with Crippen molar-refractivity contribution >= 4 is 38.3 Å². The molecule has 1 fully saturated rings. The van der Waals surface area contributed by atoms with Crippen LogP contribution in [-0.4, -0.2) is 21.8 Å². The van der Waals surface area contributed by atoms with Crippen molar-refractivity contribution in [2.45, 2.75) is 31.8 Å². The third kappa shape index (κ3) is 3.63. The van der Waals surface area contributed by atoms with E-state index in [1.807, 2.05) is 34.5 Å². The first-order valence-corrected chi connectivity index (χ1v) is 8.53. The van der Waals surface area contributed by atoms with E-state index in [-0.39, 0.29) is 5.91 Å². The molecule has 1 saturated carbocycles. The molecule has 1 aromatic carbocycles. The Morgan fingerprint density at radius 2 is 2.19 bits per heavy atom. The molecular formula is C15H16BrN3OS. The summed E-state index contributed by atoms with van der Waals surface area (Å²) >= 11 is 4.93. The van der Waals surface area contributed by atoms with E-state index < -0.39 is 0 Å². The summed E-state index contributed by atoms with van der Waals surface area (Å²) in [5.74, 6) is 0.124. The quantitative estimate of drug-likeness (QED) is 0.884. The summed E-state index contributed by atoms with van der Waals surface area (Å²) in [6.45, 7) is 0.643. The molecule has 0 atom stereocenters. The predicted molar refractivity (Wildman–Crippen MR) is 87.9 cm³/mol. The molecule has 1 heterocycles. The predicted octanol–water partition coefficient (Wildman–Crippen LogP) is 3.22. The second-order valence-electron chi connectivity index (χ2n) is 5.20. The zero-order valence-corrected chi connectivity index (χ0v) is 13.9. The standard InChI is InChI=1S/C15H16BrN3OS/c16-13-4-2-1-3-10(13)8-19(12-5-6-12)14(20)7-11-9-21-15(17)18-11/h1-4,9,12H,5-8H2,(H2,17,18). The van der Waals surface area contributed by atoms with Gasteiger partial charge in [0.25, 0.3) is 0 Å². The van der Waals surface area contributed by atoms with Crippen LogP contribution in [0.4, 0.5) is 5.13 Å². The van der Waals surface area contributed by atoms with Crippen LogP contribution in [0.2, 0.25) is 0 Å². The van der Waals surface area contributed by atoms with Gasteiger partial charge in [-0.1, -0.05) is 34.1 Å². The van der Waals surface area contributed by atoms with Crippen molar-refractivity contribution in [1.29, 1.82) is 0 Å². The fourth-order valence-electron chi connectivity index (χ4n) is 2.28. The number of benzene rings is 1.